The monoisotopic (exact) mass is 205 g/mol. The van der Waals surface area contributed by atoms with Crippen molar-refractivity contribution in [1.29, 1.82) is 0 Å². The molecule has 0 bridgehead atoms. The van der Waals surface area contributed by atoms with Gasteiger partial charge in [0.05, 0.1) is 13.2 Å². The van der Waals surface area contributed by atoms with Crippen LogP contribution in [-0.2, 0) is 10.2 Å². The predicted octanol–water partition coefficient (Wildman–Crippen LogP) is 1.94. The Hall–Kier alpha value is -0.860. The third-order valence-corrected chi connectivity index (χ3v) is 3.37. The summed E-state index contributed by atoms with van der Waals surface area (Å²) in [5, 5.41) is 0. The molecule has 1 fully saturated rings. The van der Waals surface area contributed by atoms with Gasteiger partial charge in [0.25, 0.3) is 0 Å². The van der Waals surface area contributed by atoms with Crippen LogP contribution in [0.5, 0.6) is 0 Å². The minimum absolute atomic E-state index is 0.107. The Kier molecular flexibility index (Phi) is 3.08. The quantitative estimate of drug-likeness (QED) is 0.815. The van der Waals surface area contributed by atoms with E-state index in [0.717, 1.165) is 19.6 Å². The zero-order valence-electron chi connectivity index (χ0n) is 9.28. The fourth-order valence-corrected chi connectivity index (χ4v) is 2.20. The lowest BCUT2D eigenvalue weighted by Crippen LogP contribution is -2.39. The van der Waals surface area contributed by atoms with E-state index in [1.165, 1.54) is 5.56 Å². The first-order valence-corrected chi connectivity index (χ1v) is 5.58. The van der Waals surface area contributed by atoms with Gasteiger partial charge in [-0.15, -0.1) is 0 Å². The maximum Gasteiger partial charge on any atom is 0.0516 e. The molecule has 1 aromatic carbocycles. The number of nitrogens with two attached hydrogens (primary N) is 1. The van der Waals surface area contributed by atoms with Crippen LogP contribution >= 0.6 is 0 Å². The predicted molar refractivity (Wildman–Crippen MR) is 61.8 cm³/mol. The van der Waals surface area contributed by atoms with E-state index in [1.54, 1.807) is 0 Å². The highest BCUT2D eigenvalue weighted by Crippen LogP contribution is 2.32. The molecule has 0 radical (unpaired) electrons. The molecule has 0 aliphatic carbocycles. The Morgan fingerprint density at radius 1 is 1.33 bits per heavy atom. The van der Waals surface area contributed by atoms with Crippen LogP contribution in [0, 0.1) is 5.92 Å². The summed E-state index contributed by atoms with van der Waals surface area (Å²) in [6.45, 7) is 4.76. The van der Waals surface area contributed by atoms with Crippen LogP contribution < -0.4 is 5.73 Å². The first-order chi connectivity index (χ1) is 7.24. The summed E-state index contributed by atoms with van der Waals surface area (Å²) >= 11 is 0. The van der Waals surface area contributed by atoms with Crippen molar-refractivity contribution in [2.75, 3.05) is 19.8 Å². The third kappa shape index (κ3) is 2.21. The standard InChI is InChI=1S/C13H19NO/c1-13(10-14,7-11-8-15-9-11)12-5-3-2-4-6-12/h2-6,11H,7-10,14H2,1H3. The number of rotatable bonds is 4. The molecule has 0 spiro atoms. The van der Waals surface area contributed by atoms with Crippen LogP contribution in [-0.4, -0.2) is 19.8 Å². The Balaban J connectivity index is 2.12. The van der Waals surface area contributed by atoms with Gasteiger partial charge in [-0.2, -0.15) is 0 Å². The van der Waals surface area contributed by atoms with E-state index in [4.69, 9.17) is 10.5 Å². The van der Waals surface area contributed by atoms with Gasteiger partial charge in [-0.1, -0.05) is 37.3 Å². The van der Waals surface area contributed by atoms with Crippen molar-refractivity contribution in [2.24, 2.45) is 11.7 Å². The summed E-state index contributed by atoms with van der Waals surface area (Å²) in [5.74, 6) is 0.693. The summed E-state index contributed by atoms with van der Waals surface area (Å²) in [4.78, 5) is 0. The van der Waals surface area contributed by atoms with Crippen LogP contribution in [0.3, 0.4) is 0 Å². The molecule has 1 aliphatic rings. The maximum absolute atomic E-state index is 5.93. The molecule has 2 N–H and O–H groups in total. The van der Waals surface area contributed by atoms with Gasteiger partial charge in [0.1, 0.15) is 0 Å². The molecule has 15 heavy (non-hydrogen) atoms. The first kappa shape index (κ1) is 10.7. The van der Waals surface area contributed by atoms with Gasteiger partial charge in [-0.05, 0) is 12.0 Å². The van der Waals surface area contributed by atoms with Crippen LogP contribution in [0.25, 0.3) is 0 Å². The molecule has 1 atom stereocenters. The van der Waals surface area contributed by atoms with Gasteiger partial charge >= 0.3 is 0 Å². The molecule has 2 rings (SSSR count). The molecular formula is C13H19NO. The van der Waals surface area contributed by atoms with Crippen molar-refractivity contribution in [3.05, 3.63) is 35.9 Å². The van der Waals surface area contributed by atoms with Gasteiger partial charge in [0, 0.05) is 17.9 Å². The highest BCUT2D eigenvalue weighted by Gasteiger charge is 2.31. The average Bonchev–Trinajstić information content (AvgIpc) is 2.24. The first-order valence-electron chi connectivity index (χ1n) is 5.58. The lowest BCUT2D eigenvalue weighted by atomic mass is 9.75. The SMILES string of the molecule is CC(CN)(CC1COC1)c1ccccc1. The van der Waals surface area contributed by atoms with Crippen molar-refractivity contribution >= 4 is 0 Å². The summed E-state index contributed by atoms with van der Waals surface area (Å²) in [6, 6.07) is 10.6. The molecule has 2 nitrogen and oxygen atoms in total. The second kappa shape index (κ2) is 4.33. The fourth-order valence-electron chi connectivity index (χ4n) is 2.20. The topological polar surface area (TPSA) is 35.2 Å². The van der Waals surface area contributed by atoms with E-state index in [-0.39, 0.29) is 5.41 Å². The molecule has 0 saturated carbocycles. The summed E-state index contributed by atoms with van der Waals surface area (Å²) in [6.07, 6.45) is 1.13. The second-order valence-corrected chi connectivity index (χ2v) is 4.74. The van der Waals surface area contributed by atoms with Gasteiger partial charge in [0.15, 0.2) is 0 Å². The normalized spacial score (nSPS) is 20.7. The molecule has 1 aromatic rings. The Morgan fingerprint density at radius 3 is 2.47 bits per heavy atom. The Bertz CT molecular complexity index is 308. The van der Waals surface area contributed by atoms with Gasteiger partial charge in [0.2, 0.25) is 0 Å². The van der Waals surface area contributed by atoms with E-state index in [2.05, 4.69) is 31.2 Å². The van der Waals surface area contributed by atoms with Crippen molar-refractivity contribution in [2.45, 2.75) is 18.8 Å². The molecule has 1 aliphatic heterocycles. The maximum atomic E-state index is 5.93. The lowest BCUT2D eigenvalue weighted by Gasteiger charge is -2.36. The highest BCUT2D eigenvalue weighted by molar-refractivity contribution is 5.25. The average molecular weight is 205 g/mol. The summed E-state index contributed by atoms with van der Waals surface area (Å²) in [5.41, 5.74) is 7.38. The molecular weight excluding hydrogens is 186 g/mol. The minimum Gasteiger partial charge on any atom is -0.381 e. The smallest absolute Gasteiger partial charge is 0.0516 e. The van der Waals surface area contributed by atoms with E-state index in [9.17, 15) is 0 Å². The molecule has 1 unspecified atom stereocenters. The zero-order chi connectivity index (χ0) is 10.7. The van der Waals surface area contributed by atoms with Crippen LogP contribution in [0.1, 0.15) is 18.9 Å². The molecule has 1 heterocycles. The van der Waals surface area contributed by atoms with Crippen molar-refractivity contribution in [3.8, 4) is 0 Å². The number of hydrogen-bond acceptors (Lipinski definition) is 2. The van der Waals surface area contributed by atoms with Gasteiger partial charge in [-0.3, -0.25) is 0 Å². The van der Waals surface area contributed by atoms with Crippen molar-refractivity contribution in [1.82, 2.24) is 0 Å². The minimum atomic E-state index is 0.107. The molecule has 0 amide bonds. The molecule has 0 aromatic heterocycles. The number of benzene rings is 1. The summed E-state index contributed by atoms with van der Waals surface area (Å²) < 4.78 is 5.22. The van der Waals surface area contributed by atoms with Gasteiger partial charge in [-0.25, -0.2) is 0 Å². The molecule has 82 valence electrons. The summed E-state index contributed by atoms with van der Waals surface area (Å²) in [7, 11) is 0. The zero-order valence-corrected chi connectivity index (χ0v) is 9.28. The van der Waals surface area contributed by atoms with Crippen LogP contribution in [0.4, 0.5) is 0 Å². The van der Waals surface area contributed by atoms with Crippen molar-refractivity contribution in [3.63, 3.8) is 0 Å². The third-order valence-electron chi connectivity index (χ3n) is 3.37. The van der Waals surface area contributed by atoms with Gasteiger partial charge < -0.3 is 10.5 Å². The van der Waals surface area contributed by atoms with E-state index >= 15 is 0 Å². The Morgan fingerprint density at radius 2 is 2.00 bits per heavy atom. The number of ether oxygens (including phenoxy) is 1. The lowest BCUT2D eigenvalue weighted by molar-refractivity contribution is -0.0441. The number of hydrogen-bond donors (Lipinski definition) is 1. The van der Waals surface area contributed by atoms with Crippen LogP contribution in [0.2, 0.25) is 0 Å². The van der Waals surface area contributed by atoms with E-state index in [0.29, 0.717) is 12.5 Å². The molecule has 1 saturated heterocycles. The van der Waals surface area contributed by atoms with E-state index in [1.807, 2.05) is 6.07 Å². The largest absolute Gasteiger partial charge is 0.381 e. The van der Waals surface area contributed by atoms with Crippen LogP contribution in [0.15, 0.2) is 30.3 Å². The Labute approximate surface area is 91.4 Å². The van der Waals surface area contributed by atoms with Crippen molar-refractivity contribution < 1.29 is 4.74 Å². The van der Waals surface area contributed by atoms with E-state index < -0.39 is 0 Å². The second-order valence-electron chi connectivity index (χ2n) is 4.74. The fraction of sp³-hybridized carbons (Fsp3) is 0.538. The highest BCUT2D eigenvalue weighted by atomic mass is 16.5. The molecule has 2 heteroatoms.